The molecular formula is C20H25N3O. The largest absolute Gasteiger partial charge is 0.370 e. The molecule has 1 aliphatic rings. The van der Waals surface area contributed by atoms with Gasteiger partial charge in [0.15, 0.2) is 0 Å². The van der Waals surface area contributed by atoms with Crippen LogP contribution in [0.3, 0.4) is 0 Å². The van der Waals surface area contributed by atoms with Crippen molar-refractivity contribution in [1.82, 2.24) is 4.98 Å². The van der Waals surface area contributed by atoms with Crippen molar-refractivity contribution in [3.05, 3.63) is 53.9 Å². The maximum atomic E-state index is 12.5. The molecule has 0 bridgehead atoms. The summed E-state index contributed by atoms with van der Waals surface area (Å²) in [4.78, 5) is 19.2. The van der Waals surface area contributed by atoms with Crippen molar-refractivity contribution in [3.8, 4) is 0 Å². The molecule has 3 rings (SSSR count). The molecule has 4 nitrogen and oxygen atoms in total. The number of hydrogen-bond acceptors (Lipinski definition) is 3. The zero-order valence-electron chi connectivity index (χ0n) is 14.5. The molecule has 1 aliphatic heterocycles. The standard InChI is InChI=1S/C20H25N3O/c1-15(2)17-8-4-5-9-18(17)22-20(24)19-11-10-16(14-21-19)23-12-6-3-7-13-23/h4-5,8-11,14-15H,3,6-7,12-13H2,1-2H3,(H,22,24). The molecule has 4 heteroatoms. The van der Waals surface area contributed by atoms with Gasteiger partial charge in [0.05, 0.1) is 11.9 Å². The Hall–Kier alpha value is -2.36. The lowest BCUT2D eigenvalue weighted by Gasteiger charge is -2.28. The smallest absolute Gasteiger partial charge is 0.274 e. The van der Waals surface area contributed by atoms with Gasteiger partial charge in [-0.15, -0.1) is 0 Å². The SMILES string of the molecule is CC(C)c1ccccc1NC(=O)c1ccc(N2CCCCC2)cn1. The topological polar surface area (TPSA) is 45.2 Å². The minimum absolute atomic E-state index is 0.159. The second kappa shape index (κ2) is 7.47. The first-order valence-electron chi connectivity index (χ1n) is 8.76. The van der Waals surface area contributed by atoms with Crippen molar-refractivity contribution in [3.63, 3.8) is 0 Å². The number of rotatable bonds is 4. The van der Waals surface area contributed by atoms with E-state index in [1.54, 1.807) is 0 Å². The fourth-order valence-corrected chi connectivity index (χ4v) is 3.16. The molecule has 0 spiro atoms. The highest BCUT2D eigenvalue weighted by atomic mass is 16.1. The van der Waals surface area contributed by atoms with Gasteiger partial charge >= 0.3 is 0 Å². The first kappa shape index (κ1) is 16.5. The number of carbonyl (C=O) groups is 1. The zero-order valence-corrected chi connectivity index (χ0v) is 14.5. The fraction of sp³-hybridized carbons (Fsp3) is 0.400. The second-order valence-corrected chi connectivity index (χ2v) is 6.65. The highest BCUT2D eigenvalue weighted by Gasteiger charge is 2.14. The van der Waals surface area contributed by atoms with Gasteiger partial charge in [-0.05, 0) is 48.9 Å². The van der Waals surface area contributed by atoms with Gasteiger partial charge in [0.25, 0.3) is 5.91 Å². The van der Waals surface area contributed by atoms with Gasteiger partial charge in [-0.2, -0.15) is 0 Å². The Balaban J connectivity index is 1.71. The third-order valence-electron chi connectivity index (χ3n) is 4.53. The van der Waals surface area contributed by atoms with E-state index in [0.29, 0.717) is 11.6 Å². The molecule has 2 aromatic rings. The maximum absolute atomic E-state index is 12.5. The number of amides is 1. The quantitative estimate of drug-likeness (QED) is 0.904. The van der Waals surface area contributed by atoms with Crippen LogP contribution in [-0.2, 0) is 0 Å². The molecule has 0 unspecified atom stereocenters. The van der Waals surface area contributed by atoms with E-state index in [1.165, 1.54) is 19.3 Å². The fourth-order valence-electron chi connectivity index (χ4n) is 3.16. The Labute approximate surface area is 143 Å². The summed E-state index contributed by atoms with van der Waals surface area (Å²) in [5.41, 5.74) is 3.55. The third-order valence-corrected chi connectivity index (χ3v) is 4.53. The number of para-hydroxylation sites is 1. The Morgan fingerprint density at radius 2 is 1.83 bits per heavy atom. The van der Waals surface area contributed by atoms with E-state index in [1.807, 2.05) is 42.6 Å². The van der Waals surface area contributed by atoms with Gasteiger partial charge < -0.3 is 10.2 Å². The molecule has 1 amide bonds. The predicted molar refractivity (Wildman–Crippen MR) is 98.8 cm³/mol. The molecule has 1 aromatic carbocycles. The lowest BCUT2D eigenvalue weighted by molar-refractivity contribution is 0.102. The molecular weight excluding hydrogens is 298 g/mol. The van der Waals surface area contributed by atoms with E-state index >= 15 is 0 Å². The molecule has 126 valence electrons. The average Bonchev–Trinajstić information content (AvgIpc) is 2.63. The van der Waals surface area contributed by atoms with Crippen LogP contribution in [0.15, 0.2) is 42.6 Å². The molecule has 0 saturated carbocycles. The third kappa shape index (κ3) is 3.75. The van der Waals surface area contributed by atoms with Crippen LogP contribution in [0.1, 0.15) is 55.1 Å². The van der Waals surface area contributed by atoms with Crippen LogP contribution in [0.2, 0.25) is 0 Å². The number of pyridine rings is 1. The minimum Gasteiger partial charge on any atom is -0.370 e. The Kier molecular flexibility index (Phi) is 5.14. The first-order chi connectivity index (χ1) is 11.6. The van der Waals surface area contributed by atoms with E-state index in [-0.39, 0.29) is 5.91 Å². The summed E-state index contributed by atoms with van der Waals surface area (Å²) in [6.45, 7) is 6.40. The maximum Gasteiger partial charge on any atom is 0.274 e. The van der Waals surface area contributed by atoms with Crippen LogP contribution < -0.4 is 10.2 Å². The van der Waals surface area contributed by atoms with E-state index in [0.717, 1.165) is 30.0 Å². The van der Waals surface area contributed by atoms with Gasteiger partial charge in [-0.25, -0.2) is 4.98 Å². The summed E-state index contributed by atoms with van der Waals surface area (Å²) in [6.07, 6.45) is 5.58. The van der Waals surface area contributed by atoms with E-state index in [2.05, 4.69) is 29.0 Å². The summed E-state index contributed by atoms with van der Waals surface area (Å²) < 4.78 is 0. The zero-order chi connectivity index (χ0) is 16.9. The van der Waals surface area contributed by atoms with Gasteiger partial charge in [0, 0.05) is 18.8 Å². The summed E-state index contributed by atoms with van der Waals surface area (Å²) in [6, 6.07) is 11.7. The molecule has 0 aliphatic carbocycles. The van der Waals surface area contributed by atoms with E-state index in [4.69, 9.17) is 0 Å². The highest BCUT2D eigenvalue weighted by Crippen LogP contribution is 2.24. The van der Waals surface area contributed by atoms with Gasteiger partial charge in [-0.1, -0.05) is 32.0 Å². The van der Waals surface area contributed by atoms with E-state index in [9.17, 15) is 4.79 Å². The van der Waals surface area contributed by atoms with Crippen LogP contribution >= 0.6 is 0 Å². The summed E-state index contributed by atoms with van der Waals surface area (Å²) in [7, 11) is 0. The van der Waals surface area contributed by atoms with Gasteiger partial charge in [0.1, 0.15) is 5.69 Å². The monoisotopic (exact) mass is 323 g/mol. The predicted octanol–water partition coefficient (Wildman–Crippen LogP) is 4.45. The lowest BCUT2D eigenvalue weighted by Crippen LogP contribution is -2.29. The molecule has 1 saturated heterocycles. The molecule has 1 N–H and O–H groups in total. The first-order valence-corrected chi connectivity index (χ1v) is 8.76. The minimum atomic E-state index is -0.159. The Morgan fingerprint density at radius 3 is 2.50 bits per heavy atom. The average molecular weight is 323 g/mol. The summed E-state index contributed by atoms with van der Waals surface area (Å²) in [5, 5.41) is 2.99. The van der Waals surface area contributed by atoms with Crippen molar-refractivity contribution < 1.29 is 4.79 Å². The van der Waals surface area contributed by atoms with Crippen molar-refractivity contribution >= 4 is 17.3 Å². The van der Waals surface area contributed by atoms with Crippen molar-refractivity contribution in [2.45, 2.75) is 39.0 Å². The Morgan fingerprint density at radius 1 is 1.08 bits per heavy atom. The number of nitrogens with one attached hydrogen (secondary N) is 1. The molecule has 1 aromatic heterocycles. The number of hydrogen-bond donors (Lipinski definition) is 1. The molecule has 2 heterocycles. The summed E-state index contributed by atoms with van der Waals surface area (Å²) in [5.74, 6) is 0.198. The number of anilines is 2. The number of piperidine rings is 1. The Bertz CT molecular complexity index is 688. The van der Waals surface area contributed by atoms with Crippen LogP contribution in [0.5, 0.6) is 0 Å². The van der Waals surface area contributed by atoms with Crippen molar-refractivity contribution in [2.24, 2.45) is 0 Å². The number of carbonyl (C=O) groups excluding carboxylic acids is 1. The summed E-state index contributed by atoms with van der Waals surface area (Å²) >= 11 is 0. The molecule has 1 fully saturated rings. The lowest BCUT2D eigenvalue weighted by atomic mass is 10.0. The van der Waals surface area contributed by atoms with Crippen LogP contribution in [0, 0.1) is 0 Å². The van der Waals surface area contributed by atoms with Crippen molar-refractivity contribution in [1.29, 1.82) is 0 Å². The second-order valence-electron chi connectivity index (χ2n) is 6.65. The van der Waals surface area contributed by atoms with Gasteiger partial charge in [-0.3, -0.25) is 4.79 Å². The normalized spacial score (nSPS) is 14.7. The molecule has 0 atom stereocenters. The van der Waals surface area contributed by atoms with Gasteiger partial charge in [0.2, 0.25) is 0 Å². The number of aromatic nitrogens is 1. The number of benzene rings is 1. The van der Waals surface area contributed by atoms with E-state index < -0.39 is 0 Å². The van der Waals surface area contributed by atoms with Crippen LogP contribution in [-0.4, -0.2) is 24.0 Å². The number of nitrogens with zero attached hydrogens (tertiary/aromatic N) is 2. The van der Waals surface area contributed by atoms with Crippen molar-refractivity contribution in [2.75, 3.05) is 23.3 Å². The molecule has 0 radical (unpaired) electrons. The van der Waals surface area contributed by atoms with Crippen LogP contribution in [0.4, 0.5) is 11.4 Å². The van der Waals surface area contributed by atoms with Crippen LogP contribution in [0.25, 0.3) is 0 Å². The highest BCUT2D eigenvalue weighted by molar-refractivity contribution is 6.03. The molecule has 24 heavy (non-hydrogen) atoms.